The topological polar surface area (TPSA) is 86.7 Å². The fraction of sp³-hybridized carbons (Fsp3) is 0.150. The highest BCUT2D eigenvalue weighted by atomic mass is 35.5. The van der Waals surface area contributed by atoms with Crippen molar-refractivity contribution in [1.82, 2.24) is 20.2 Å². The predicted molar refractivity (Wildman–Crippen MR) is 106 cm³/mol. The first-order valence-electron chi connectivity index (χ1n) is 8.66. The molecule has 2 heterocycles. The van der Waals surface area contributed by atoms with Crippen molar-refractivity contribution in [1.29, 1.82) is 0 Å². The molecule has 0 amide bonds. The Morgan fingerprint density at radius 3 is 2.61 bits per heavy atom. The van der Waals surface area contributed by atoms with E-state index >= 15 is 0 Å². The van der Waals surface area contributed by atoms with Gasteiger partial charge in [-0.25, -0.2) is 14.4 Å². The number of fused-ring (bicyclic) bond motifs is 1. The molecule has 1 atom stereocenters. The van der Waals surface area contributed by atoms with Gasteiger partial charge in [-0.1, -0.05) is 23.7 Å². The summed E-state index contributed by atoms with van der Waals surface area (Å²) in [7, 11) is 0. The number of aromatic amines is 1. The highest BCUT2D eigenvalue weighted by Crippen LogP contribution is 2.30. The van der Waals surface area contributed by atoms with Crippen LogP contribution in [0, 0.1) is 12.7 Å². The van der Waals surface area contributed by atoms with Crippen molar-refractivity contribution in [2.75, 3.05) is 11.9 Å². The van der Waals surface area contributed by atoms with Crippen molar-refractivity contribution in [3.8, 4) is 0 Å². The maximum atomic E-state index is 13.3. The number of hydrogen-bond acceptors (Lipinski definition) is 5. The summed E-state index contributed by atoms with van der Waals surface area (Å²) in [4.78, 5) is 9.23. The zero-order chi connectivity index (χ0) is 19.7. The summed E-state index contributed by atoms with van der Waals surface area (Å²) < 4.78 is 13.3. The van der Waals surface area contributed by atoms with Crippen LogP contribution in [0.2, 0.25) is 5.02 Å². The van der Waals surface area contributed by atoms with Gasteiger partial charge < -0.3 is 10.4 Å². The highest BCUT2D eigenvalue weighted by Gasteiger charge is 2.19. The SMILES string of the molecule is Cc1cc(Nc2nc(C(CO)c3ccc(F)cc3)nc3cc(Cl)ccc23)n[nH]1. The van der Waals surface area contributed by atoms with Crippen LogP contribution in [-0.2, 0) is 0 Å². The van der Waals surface area contributed by atoms with Gasteiger partial charge in [0, 0.05) is 22.2 Å². The molecule has 0 bridgehead atoms. The monoisotopic (exact) mass is 397 g/mol. The third-order valence-electron chi connectivity index (χ3n) is 4.40. The minimum atomic E-state index is -0.509. The standard InChI is InChI=1S/C20H17ClFN5O/c1-11-8-18(27-26-11)24-19-15-7-4-13(21)9-17(15)23-20(25-19)16(10-28)12-2-5-14(22)6-3-12/h2-9,16,28H,10H2,1H3,(H2,23,24,25,26,27). The molecule has 8 heteroatoms. The number of rotatable bonds is 5. The number of aryl methyl sites for hydroxylation is 1. The van der Waals surface area contributed by atoms with Crippen molar-refractivity contribution in [2.45, 2.75) is 12.8 Å². The molecule has 4 aromatic rings. The first-order chi connectivity index (χ1) is 13.5. The molecule has 3 N–H and O–H groups in total. The fourth-order valence-corrected chi connectivity index (χ4v) is 3.17. The van der Waals surface area contributed by atoms with Crippen LogP contribution in [0.1, 0.15) is 23.0 Å². The van der Waals surface area contributed by atoms with E-state index in [2.05, 4.69) is 25.5 Å². The average molecular weight is 398 g/mol. The molecule has 0 aliphatic heterocycles. The number of aromatic nitrogens is 4. The summed E-state index contributed by atoms with van der Waals surface area (Å²) in [5.74, 6) is 0.705. The second kappa shape index (κ2) is 7.53. The normalized spacial score (nSPS) is 12.3. The Morgan fingerprint density at radius 1 is 1.14 bits per heavy atom. The maximum absolute atomic E-state index is 13.3. The molecule has 0 spiro atoms. The van der Waals surface area contributed by atoms with E-state index in [9.17, 15) is 9.50 Å². The number of halogens is 2. The van der Waals surface area contributed by atoms with Crippen LogP contribution >= 0.6 is 11.6 Å². The van der Waals surface area contributed by atoms with Gasteiger partial charge in [0.15, 0.2) is 5.82 Å². The highest BCUT2D eigenvalue weighted by molar-refractivity contribution is 6.31. The fourth-order valence-electron chi connectivity index (χ4n) is 3.01. The molecule has 0 saturated carbocycles. The summed E-state index contributed by atoms with van der Waals surface area (Å²) in [6.45, 7) is 1.68. The van der Waals surface area contributed by atoms with E-state index in [1.54, 1.807) is 24.3 Å². The summed E-state index contributed by atoms with van der Waals surface area (Å²) >= 11 is 6.15. The Kier molecular flexibility index (Phi) is 4.93. The zero-order valence-corrected chi connectivity index (χ0v) is 15.7. The molecule has 0 saturated heterocycles. The molecule has 4 rings (SSSR count). The Balaban J connectivity index is 1.84. The Morgan fingerprint density at radius 2 is 1.93 bits per heavy atom. The molecule has 0 aliphatic carbocycles. The van der Waals surface area contributed by atoms with E-state index in [4.69, 9.17) is 11.6 Å². The first kappa shape index (κ1) is 18.3. The summed E-state index contributed by atoms with van der Waals surface area (Å²) in [5.41, 5.74) is 2.25. The minimum absolute atomic E-state index is 0.224. The summed E-state index contributed by atoms with van der Waals surface area (Å²) in [6.07, 6.45) is 0. The molecule has 0 fully saturated rings. The lowest BCUT2D eigenvalue weighted by Gasteiger charge is -2.16. The van der Waals surface area contributed by atoms with Crippen molar-refractivity contribution in [3.63, 3.8) is 0 Å². The number of aliphatic hydroxyl groups is 1. The van der Waals surface area contributed by atoms with Gasteiger partial charge in [0.25, 0.3) is 0 Å². The Labute approximate surface area is 165 Å². The quantitative estimate of drug-likeness (QED) is 0.467. The van der Waals surface area contributed by atoms with E-state index in [-0.39, 0.29) is 12.4 Å². The van der Waals surface area contributed by atoms with Crippen LogP contribution in [0.5, 0.6) is 0 Å². The number of nitrogens with zero attached hydrogens (tertiary/aromatic N) is 3. The molecule has 2 aromatic carbocycles. The third-order valence-corrected chi connectivity index (χ3v) is 4.63. The van der Waals surface area contributed by atoms with Gasteiger partial charge in [0.2, 0.25) is 0 Å². The molecule has 28 heavy (non-hydrogen) atoms. The van der Waals surface area contributed by atoms with Gasteiger partial charge in [0.05, 0.1) is 18.0 Å². The minimum Gasteiger partial charge on any atom is -0.395 e. The third kappa shape index (κ3) is 3.67. The molecule has 2 aromatic heterocycles. The smallest absolute Gasteiger partial charge is 0.153 e. The van der Waals surface area contributed by atoms with E-state index in [0.29, 0.717) is 33.6 Å². The molecule has 6 nitrogen and oxygen atoms in total. The number of aliphatic hydroxyl groups excluding tert-OH is 1. The number of anilines is 2. The summed E-state index contributed by atoms with van der Waals surface area (Å²) in [5, 5.41) is 21.5. The number of H-pyrrole nitrogens is 1. The van der Waals surface area contributed by atoms with Gasteiger partial charge in [-0.3, -0.25) is 5.10 Å². The first-order valence-corrected chi connectivity index (χ1v) is 9.04. The van der Waals surface area contributed by atoms with E-state index in [0.717, 1.165) is 11.1 Å². The molecular formula is C20H17ClFN5O. The van der Waals surface area contributed by atoms with E-state index < -0.39 is 5.92 Å². The van der Waals surface area contributed by atoms with Gasteiger partial charge in [-0.2, -0.15) is 5.10 Å². The van der Waals surface area contributed by atoms with Crippen LogP contribution in [0.3, 0.4) is 0 Å². The predicted octanol–water partition coefficient (Wildman–Crippen LogP) is 4.32. The average Bonchev–Trinajstić information content (AvgIpc) is 3.08. The maximum Gasteiger partial charge on any atom is 0.153 e. The molecule has 142 valence electrons. The van der Waals surface area contributed by atoms with Crippen molar-refractivity contribution in [2.24, 2.45) is 0 Å². The molecule has 0 radical (unpaired) electrons. The van der Waals surface area contributed by atoms with E-state index in [1.807, 2.05) is 19.1 Å². The largest absolute Gasteiger partial charge is 0.395 e. The van der Waals surface area contributed by atoms with Crippen molar-refractivity contribution < 1.29 is 9.50 Å². The van der Waals surface area contributed by atoms with Crippen LogP contribution in [0.15, 0.2) is 48.5 Å². The van der Waals surface area contributed by atoms with Crippen molar-refractivity contribution in [3.05, 3.63) is 76.5 Å². The second-order valence-corrected chi connectivity index (χ2v) is 6.88. The van der Waals surface area contributed by atoms with Crippen LogP contribution in [0.25, 0.3) is 10.9 Å². The second-order valence-electron chi connectivity index (χ2n) is 6.44. The van der Waals surface area contributed by atoms with Crippen molar-refractivity contribution >= 4 is 34.1 Å². The van der Waals surface area contributed by atoms with Crippen LogP contribution in [0.4, 0.5) is 16.0 Å². The number of benzene rings is 2. The molecule has 0 aliphatic rings. The number of nitrogens with one attached hydrogen (secondary N) is 2. The lowest BCUT2D eigenvalue weighted by Crippen LogP contribution is -2.12. The molecular weight excluding hydrogens is 381 g/mol. The summed E-state index contributed by atoms with van der Waals surface area (Å²) in [6, 6.07) is 13.1. The Hall–Kier alpha value is -3.03. The van der Waals surface area contributed by atoms with Crippen LogP contribution < -0.4 is 5.32 Å². The van der Waals surface area contributed by atoms with Crippen LogP contribution in [-0.4, -0.2) is 31.9 Å². The van der Waals surface area contributed by atoms with Gasteiger partial charge >= 0.3 is 0 Å². The lowest BCUT2D eigenvalue weighted by molar-refractivity contribution is 0.277. The number of hydrogen-bond donors (Lipinski definition) is 3. The Bertz CT molecular complexity index is 1130. The molecule has 1 unspecified atom stereocenters. The van der Waals surface area contributed by atoms with Gasteiger partial charge in [-0.15, -0.1) is 0 Å². The van der Waals surface area contributed by atoms with E-state index in [1.165, 1.54) is 12.1 Å². The van der Waals surface area contributed by atoms with Gasteiger partial charge in [0.1, 0.15) is 17.5 Å². The zero-order valence-electron chi connectivity index (χ0n) is 14.9. The van der Waals surface area contributed by atoms with Gasteiger partial charge in [-0.05, 0) is 42.8 Å². The lowest BCUT2D eigenvalue weighted by atomic mass is 9.99.